The second-order valence-corrected chi connectivity index (χ2v) is 8.35. The Labute approximate surface area is 175 Å². The van der Waals surface area contributed by atoms with Gasteiger partial charge in [-0.3, -0.25) is 19.3 Å². The number of hydrogen-bond acceptors (Lipinski definition) is 4. The molecule has 30 heavy (non-hydrogen) atoms. The Balaban J connectivity index is 1.59. The fourth-order valence-corrected chi connectivity index (χ4v) is 4.87. The van der Waals surface area contributed by atoms with Crippen LogP contribution in [0.15, 0.2) is 24.3 Å². The van der Waals surface area contributed by atoms with Crippen molar-refractivity contribution in [2.75, 3.05) is 32.8 Å². The van der Waals surface area contributed by atoms with Crippen molar-refractivity contribution in [1.29, 1.82) is 0 Å². The van der Waals surface area contributed by atoms with Gasteiger partial charge in [-0.25, -0.2) is 4.39 Å². The van der Waals surface area contributed by atoms with Crippen LogP contribution in [0.2, 0.25) is 0 Å². The summed E-state index contributed by atoms with van der Waals surface area (Å²) >= 11 is 0. The van der Waals surface area contributed by atoms with Crippen molar-refractivity contribution in [2.24, 2.45) is 0 Å². The molecule has 0 unspecified atom stereocenters. The predicted octanol–water partition coefficient (Wildman–Crippen LogP) is 2.02. The van der Waals surface area contributed by atoms with Gasteiger partial charge < -0.3 is 14.5 Å². The molecule has 2 saturated heterocycles. The lowest BCUT2D eigenvalue weighted by atomic mass is 9.89. The van der Waals surface area contributed by atoms with Crippen LogP contribution in [-0.2, 0) is 14.3 Å². The van der Waals surface area contributed by atoms with E-state index in [-0.39, 0.29) is 29.9 Å². The van der Waals surface area contributed by atoms with Crippen molar-refractivity contribution < 1.29 is 23.5 Å². The van der Waals surface area contributed by atoms with E-state index in [9.17, 15) is 18.8 Å². The summed E-state index contributed by atoms with van der Waals surface area (Å²) < 4.78 is 19.9. The Kier molecular flexibility index (Phi) is 5.77. The zero-order valence-electron chi connectivity index (χ0n) is 17.3. The second kappa shape index (κ2) is 8.34. The highest BCUT2D eigenvalue weighted by molar-refractivity contribution is 5.98. The van der Waals surface area contributed by atoms with Crippen molar-refractivity contribution in [3.63, 3.8) is 0 Å². The van der Waals surface area contributed by atoms with Crippen LogP contribution in [0.1, 0.15) is 49.4 Å². The number of piperazine rings is 1. The van der Waals surface area contributed by atoms with E-state index in [1.54, 1.807) is 20.8 Å². The zero-order chi connectivity index (χ0) is 21.3. The van der Waals surface area contributed by atoms with E-state index in [0.717, 1.165) is 19.3 Å². The van der Waals surface area contributed by atoms with Crippen molar-refractivity contribution >= 4 is 17.7 Å². The van der Waals surface area contributed by atoms with Gasteiger partial charge in [0.2, 0.25) is 11.8 Å². The number of hydrogen-bond donors (Lipinski definition) is 0. The lowest BCUT2D eigenvalue weighted by Gasteiger charge is -2.43. The molecule has 1 spiro atoms. The molecule has 3 amide bonds. The molecule has 3 aliphatic rings. The molecule has 2 aliphatic heterocycles. The zero-order valence-corrected chi connectivity index (χ0v) is 17.3. The van der Waals surface area contributed by atoms with Crippen LogP contribution in [0.3, 0.4) is 0 Å². The van der Waals surface area contributed by atoms with E-state index in [0.29, 0.717) is 39.0 Å². The first kappa shape index (κ1) is 20.8. The highest BCUT2D eigenvalue weighted by Crippen LogP contribution is 2.41. The van der Waals surface area contributed by atoms with Gasteiger partial charge in [0, 0.05) is 38.7 Å². The molecule has 8 heteroatoms. The molecule has 4 rings (SSSR count). The maximum Gasteiger partial charge on any atom is 0.256 e. The van der Waals surface area contributed by atoms with Crippen LogP contribution < -0.4 is 0 Å². The smallest absolute Gasteiger partial charge is 0.256 e. The topological polar surface area (TPSA) is 70.2 Å². The summed E-state index contributed by atoms with van der Waals surface area (Å²) in [6, 6.07) is 4.86. The van der Waals surface area contributed by atoms with Gasteiger partial charge in [-0.2, -0.15) is 0 Å². The van der Waals surface area contributed by atoms with E-state index < -0.39 is 17.6 Å². The molecule has 1 atom stereocenters. The second-order valence-electron chi connectivity index (χ2n) is 8.35. The van der Waals surface area contributed by atoms with Gasteiger partial charge in [0.05, 0.1) is 6.61 Å². The van der Waals surface area contributed by atoms with Crippen molar-refractivity contribution in [3.8, 4) is 0 Å². The number of carbonyl (C=O) groups is 3. The first-order valence-electron chi connectivity index (χ1n) is 10.7. The van der Waals surface area contributed by atoms with Crippen LogP contribution >= 0.6 is 0 Å². The molecular formula is C22H28FN3O4. The number of halogens is 1. The summed E-state index contributed by atoms with van der Waals surface area (Å²) in [7, 11) is 0. The Morgan fingerprint density at radius 3 is 2.33 bits per heavy atom. The normalized spacial score (nSPS) is 23.7. The van der Waals surface area contributed by atoms with E-state index in [1.807, 2.05) is 0 Å². The molecule has 1 aromatic carbocycles. The lowest BCUT2D eigenvalue weighted by molar-refractivity contribution is -0.142. The molecule has 1 aromatic rings. The Hall–Kier alpha value is -2.48. The van der Waals surface area contributed by atoms with Gasteiger partial charge in [0.25, 0.3) is 5.91 Å². The van der Waals surface area contributed by atoms with Crippen molar-refractivity contribution in [3.05, 3.63) is 35.6 Å². The van der Waals surface area contributed by atoms with Gasteiger partial charge in [-0.1, -0.05) is 12.5 Å². The summed E-state index contributed by atoms with van der Waals surface area (Å²) in [5.41, 5.74) is -0.576. The SMILES string of the molecule is CC(=O)N1CCN(C(=O)[C@@H]2COC3(CCCCC3)N2C(=O)c2cccc(F)c2)CC1. The number of benzene rings is 1. The monoisotopic (exact) mass is 417 g/mol. The van der Waals surface area contributed by atoms with Gasteiger partial charge in [-0.05, 0) is 43.9 Å². The van der Waals surface area contributed by atoms with Gasteiger partial charge in [0.1, 0.15) is 17.6 Å². The van der Waals surface area contributed by atoms with Crippen molar-refractivity contribution in [2.45, 2.75) is 50.8 Å². The molecule has 0 aromatic heterocycles. The van der Waals surface area contributed by atoms with Crippen LogP contribution in [0, 0.1) is 5.82 Å². The maximum absolute atomic E-state index is 13.8. The van der Waals surface area contributed by atoms with E-state index in [1.165, 1.54) is 25.1 Å². The van der Waals surface area contributed by atoms with Gasteiger partial charge >= 0.3 is 0 Å². The third kappa shape index (κ3) is 3.80. The molecule has 2 heterocycles. The van der Waals surface area contributed by atoms with E-state index in [4.69, 9.17) is 4.74 Å². The number of amides is 3. The third-order valence-corrected chi connectivity index (χ3v) is 6.51. The standard InChI is InChI=1S/C22H28FN3O4/c1-16(27)24-10-12-25(13-11-24)21(29)19-15-30-22(8-3-2-4-9-22)26(19)20(28)17-6-5-7-18(23)14-17/h5-7,14,19H,2-4,8-13,15H2,1H3/t19-/m0/s1. The maximum atomic E-state index is 13.8. The number of ether oxygens (including phenoxy) is 1. The molecule has 1 saturated carbocycles. The molecule has 3 fully saturated rings. The van der Waals surface area contributed by atoms with Crippen LogP contribution in [-0.4, -0.2) is 77.0 Å². The Morgan fingerprint density at radius 1 is 1.03 bits per heavy atom. The molecule has 0 N–H and O–H groups in total. The summed E-state index contributed by atoms with van der Waals surface area (Å²) in [5, 5.41) is 0. The summed E-state index contributed by atoms with van der Waals surface area (Å²) in [6.45, 7) is 3.50. The van der Waals surface area contributed by atoms with Crippen molar-refractivity contribution in [1.82, 2.24) is 14.7 Å². The molecule has 7 nitrogen and oxygen atoms in total. The number of carbonyl (C=O) groups excluding carboxylic acids is 3. The molecule has 0 bridgehead atoms. The Bertz CT molecular complexity index is 831. The van der Waals surface area contributed by atoms with E-state index >= 15 is 0 Å². The van der Waals surface area contributed by atoms with Gasteiger partial charge in [-0.15, -0.1) is 0 Å². The van der Waals surface area contributed by atoms with Crippen LogP contribution in [0.4, 0.5) is 4.39 Å². The van der Waals surface area contributed by atoms with E-state index in [2.05, 4.69) is 0 Å². The first-order chi connectivity index (χ1) is 14.4. The largest absolute Gasteiger partial charge is 0.353 e. The average Bonchev–Trinajstić information content (AvgIpc) is 3.11. The fraction of sp³-hybridized carbons (Fsp3) is 0.591. The fourth-order valence-electron chi connectivity index (χ4n) is 4.87. The average molecular weight is 417 g/mol. The molecule has 1 aliphatic carbocycles. The minimum absolute atomic E-state index is 0.00429. The van der Waals surface area contributed by atoms with Crippen LogP contribution in [0.25, 0.3) is 0 Å². The summed E-state index contributed by atoms with van der Waals surface area (Å²) in [4.78, 5) is 43.4. The highest BCUT2D eigenvalue weighted by atomic mass is 19.1. The molecule has 162 valence electrons. The number of nitrogens with zero attached hydrogens (tertiary/aromatic N) is 3. The third-order valence-electron chi connectivity index (χ3n) is 6.51. The molecule has 0 radical (unpaired) electrons. The first-order valence-corrected chi connectivity index (χ1v) is 10.7. The van der Waals surface area contributed by atoms with Crippen LogP contribution in [0.5, 0.6) is 0 Å². The number of rotatable bonds is 2. The van der Waals surface area contributed by atoms with Gasteiger partial charge in [0.15, 0.2) is 0 Å². The quantitative estimate of drug-likeness (QED) is 0.738. The lowest BCUT2D eigenvalue weighted by Crippen LogP contribution is -2.59. The summed E-state index contributed by atoms with van der Waals surface area (Å²) in [5.74, 6) is -1.02. The Morgan fingerprint density at radius 2 is 1.70 bits per heavy atom. The minimum atomic E-state index is -0.802. The molecular weight excluding hydrogens is 389 g/mol. The summed E-state index contributed by atoms with van der Waals surface area (Å²) in [6.07, 6.45) is 4.26. The minimum Gasteiger partial charge on any atom is -0.353 e. The highest BCUT2D eigenvalue weighted by Gasteiger charge is 2.53. The predicted molar refractivity (Wildman–Crippen MR) is 107 cm³/mol.